The lowest BCUT2D eigenvalue weighted by Gasteiger charge is -2.35. The van der Waals surface area contributed by atoms with E-state index in [0.29, 0.717) is 29.1 Å². The van der Waals surface area contributed by atoms with Crippen LogP contribution in [0.2, 0.25) is 0 Å². The first kappa shape index (κ1) is 20.2. The molecule has 0 fully saturated rings. The van der Waals surface area contributed by atoms with Gasteiger partial charge in [0.15, 0.2) is 5.41 Å². The van der Waals surface area contributed by atoms with E-state index in [-0.39, 0.29) is 11.5 Å². The SMILES string of the molecule is CCCc1nn(-c2ccccc2)c2c1C(C(=O)OC)(c1ccccc1)C(C#N)=C(N)O2. The Balaban J connectivity index is 2.16. The first-order chi connectivity index (χ1) is 15.1. The molecule has 2 heterocycles. The predicted molar refractivity (Wildman–Crippen MR) is 114 cm³/mol. The molecule has 1 aliphatic rings. The first-order valence-electron chi connectivity index (χ1n) is 9.99. The quantitative estimate of drug-likeness (QED) is 0.642. The van der Waals surface area contributed by atoms with E-state index in [1.807, 2.05) is 55.5 Å². The molecular weight excluding hydrogens is 392 g/mol. The topological polar surface area (TPSA) is 103 Å². The number of rotatable bonds is 5. The molecular formula is C24H22N4O3. The highest BCUT2D eigenvalue weighted by molar-refractivity contribution is 5.95. The summed E-state index contributed by atoms with van der Waals surface area (Å²) in [6, 6.07) is 20.6. The summed E-state index contributed by atoms with van der Waals surface area (Å²) >= 11 is 0. The summed E-state index contributed by atoms with van der Waals surface area (Å²) in [5.41, 5.74) is 7.09. The third kappa shape index (κ3) is 2.96. The summed E-state index contributed by atoms with van der Waals surface area (Å²) in [4.78, 5) is 13.5. The van der Waals surface area contributed by atoms with Crippen molar-refractivity contribution in [2.75, 3.05) is 7.11 Å². The van der Waals surface area contributed by atoms with E-state index >= 15 is 0 Å². The normalized spacial score (nSPS) is 17.5. The Hall–Kier alpha value is -4.05. The van der Waals surface area contributed by atoms with Crippen LogP contribution < -0.4 is 10.5 Å². The van der Waals surface area contributed by atoms with E-state index in [1.54, 1.807) is 16.8 Å². The van der Waals surface area contributed by atoms with Crippen molar-refractivity contribution in [3.8, 4) is 17.6 Å². The number of hydrogen-bond donors (Lipinski definition) is 1. The van der Waals surface area contributed by atoms with Gasteiger partial charge in [0.05, 0.1) is 24.1 Å². The highest BCUT2D eigenvalue weighted by Crippen LogP contribution is 2.50. The van der Waals surface area contributed by atoms with Gasteiger partial charge in [0.1, 0.15) is 11.6 Å². The number of hydrogen-bond acceptors (Lipinski definition) is 6. The standard InChI is InChI=1S/C24H22N4O3/c1-3-10-19-20-22(28(27-19)17-13-8-5-9-14-17)31-21(26)18(15-25)24(20,23(29)30-2)16-11-6-4-7-12-16/h4-9,11-14H,3,10,26H2,1-2H3. The Bertz CT molecular complexity index is 1190. The lowest BCUT2D eigenvalue weighted by Crippen LogP contribution is -2.44. The lowest BCUT2D eigenvalue weighted by atomic mass is 9.68. The van der Waals surface area contributed by atoms with Crippen LogP contribution in [0, 0.1) is 11.3 Å². The minimum Gasteiger partial charge on any atom is -0.468 e. The molecule has 3 aromatic rings. The van der Waals surface area contributed by atoms with Gasteiger partial charge in [-0.25, -0.2) is 4.68 Å². The molecule has 2 aromatic carbocycles. The largest absolute Gasteiger partial charge is 0.468 e. The van der Waals surface area contributed by atoms with Crippen molar-refractivity contribution in [1.29, 1.82) is 5.26 Å². The fraction of sp³-hybridized carbons (Fsp3) is 0.208. The number of ether oxygens (including phenoxy) is 2. The Kier molecular flexibility index (Phi) is 5.22. The highest BCUT2D eigenvalue weighted by Gasteiger charge is 2.56. The number of esters is 1. The van der Waals surface area contributed by atoms with Crippen molar-refractivity contribution in [3.05, 3.63) is 88.9 Å². The van der Waals surface area contributed by atoms with Crippen molar-refractivity contribution in [2.24, 2.45) is 5.73 Å². The Morgan fingerprint density at radius 2 is 1.84 bits per heavy atom. The van der Waals surface area contributed by atoms with Crippen molar-refractivity contribution in [2.45, 2.75) is 25.2 Å². The number of carbonyl (C=O) groups excluding carboxylic acids is 1. The first-order valence-corrected chi connectivity index (χ1v) is 9.99. The van der Waals surface area contributed by atoms with Crippen LogP contribution in [-0.4, -0.2) is 22.9 Å². The smallest absolute Gasteiger partial charge is 0.326 e. The molecule has 1 unspecified atom stereocenters. The molecule has 0 saturated heterocycles. The van der Waals surface area contributed by atoms with Crippen LogP contribution in [0.15, 0.2) is 72.1 Å². The molecule has 7 nitrogen and oxygen atoms in total. The number of aromatic nitrogens is 2. The zero-order valence-corrected chi connectivity index (χ0v) is 17.3. The van der Waals surface area contributed by atoms with Gasteiger partial charge in [-0.2, -0.15) is 10.4 Å². The van der Waals surface area contributed by atoms with Crippen LogP contribution in [0.25, 0.3) is 5.69 Å². The molecule has 31 heavy (non-hydrogen) atoms. The van der Waals surface area contributed by atoms with Crippen LogP contribution in [0.5, 0.6) is 5.88 Å². The van der Waals surface area contributed by atoms with E-state index in [2.05, 4.69) is 6.07 Å². The minimum absolute atomic E-state index is 0.0111. The molecule has 1 atom stereocenters. The van der Waals surface area contributed by atoms with Crippen molar-refractivity contribution >= 4 is 5.97 Å². The van der Waals surface area contributed by atoms with Gasteiger partial charge in [0.2, 0.25) is 11.8 Å². The fourth-order valence-corrected chi connectivity index (χ4v) is 4.13. The second-order valence-electron chi connectivity index (χ2n) is 7.18. The average Bonchev–Trinajstić information content (AvgIpc) is 3.17. The summed E-state index contributed by atoms with van der Waals surface area (Å²) in [5.74, 6) is -0.461. The molecule has 156 valence electrons. The predicted octanol–water partition coefficient (Wildman–Crippen LogP) is 3.37. The van der Waals surface area contributed by atoms with Gasteiger partial charge >= 0.3 is 5.97 Å². The summed E-state index contributed by atoms with van der Waals surface area (Å²) in [6.07, 6.45) is 1.36. The molecule has 0 spiro atoms. The summed E-state index contributed by atoms with van der Waals surface area (Å²) < 4.78 is 12.8. The second kappa shape index (κ2) is 8.00. The highest BCUT2D eigenvalue weighted by atomic mass is 16.5. The Morgan fingerprint density at radius 1 is 1.19 bits per heavy atom. The number of fused-ring (bicyclic) bond motifs is 1. The molecule has 7 heteroatoms. The average molecular weight is 414 g/mol. The van der Waals surface area contributed by atoms with E-state index in [4.69, 9.17) is 20.3 Å². The van der Waals surface area contributed by atoms with Crippen molar-refractivity contribution < 1.29 is 14.3 Å². The van der Waals surface area contributed by atoms with Gasteiger partial charge in [-0.15, -0.1) is 0 Å². The minimum atomic E-state index is -1.58. The molecule has 0 aliphatic carbocycles. The number of aryl methyl sites for hydroxylation is 1. The van der Waals surface area contributed by atoms with Crippen LogP contribution in [0.1, 0.15) is 30.2 Å². The number of carbonyl (C=O) groups is 1. The van der Waals surface area contributed by atoms with Gasteiger partial charge in [0.25, 0.3) is 0 Å². The molecule has 1 aromatic heterocycles. The van der Waals surface area contributed by atoms with E-state index in [9.17, 15) is 10.1 Å². The number of nitriles is 1. The Morgan fingerprint density at radius 3 is 2.42 bits per heavy atom. The monoisotopic (exact) mass is 414 g/mol. The number of nitrogens with two attached hydrogens (primary N) is 1. The van der Waals surface area contributed by atoms with Crippen LogP contribution >= 0.6 is 0 Å². The van der Waals surface area contributed by atoms with E-state index in [0.717, 1.165) is 12.1 Å². The lowest BCUT2D eigenvalue weighted by molar-refractivity contribution is -0.144. The van der Waals surface area contributed by atoms with Gasteiger partial charge < -0.3 is 15.2 Å². The fourth-order valence-electron chi connectivity index (χ4n) is 4.13. The molecule has 0 saturated carbocycles. The maximum Gasteiger partial charge on any atom is 0.326 e. The van der Waals surface area contributed by atoms with E-state index < -0.39 is 11.4 Å². The third-order valence-corrected chi connectivity index (χ3v) is 5.42. The Labute approximate surface area is 180 Å². The molecule has 0 bridgehead atoms. The third-order valence-electron chi connectivity index (χ3n) is 5.42. The number of nitrogens with zero attached hydrogens (tertiary/aromatic N) is 3. The van der Waals surface area contributed by atoms with E-state index in [1.165, 1.54) is 7.11 Å². The molecule has 0 amide bonds. The summed E-state index contributed by atoms with van der Waals surface area (Å²) in [7, 11) is 1.30. The molecule has 2 N–H and O–H groups in total. The van der Waals surface area contributed by atoms with Gasteiger partial charge in [-0.05, 0) is 24.1 Å². The summed E-state index contributed by atoms with van der Waals surface area (Å²) in [5, 5.41) is 14.9. The van der Waals surface area contributed by atoms with Gasteiger partial charge in [-0.3, -0.25) is 4.79 Å². The van der Waals surface area contributed by atoms with Crippen LogP contribution in [0.3, 0.4) is 0 Å². The zero-order valence-electron chi connectivity index (χ0n) is 17.3. The number of benzene rings is 2. The number of methoxy groups -OCH3 is 1. The maximum atomic E-state index is 13.5. The van der Waals surface area contributed by atoms with Crippen LogP contribution in [-0.2, 0) is 21.4 Å². The summed E-state index contributed by atoms with van der Waals surface area (Å²) in [6.45, 7) is 2.02. The molecule has 4 rings (SSSR count). The van der Waals surface area contributed by atoms with Crippen LogP contribution in [0.4, 0.5) is 0 Å². The van der Waals surface area contributed by atoms with Crippen molar-refractivity contribution in [1.82, 2.24) is 9.78 Å². The zero-order chi connectivity index (χ0) is 22.0. The molecule has 1 aliphatic heterocycles. The van der Waals surface area contributed by atoms with Gasteiger partial charge in [0, 0.05) is 0 Å². The second-order valence-corrected chi connectivity index (χ2v) is 7.18. The van der Waals surface area contributed by atoms with Gasteiger partial charge in [-0.1, -0.05) is 61.9 Å². The van der Waals surface area contributed by atoms with Crippen molar-refractivity contribution in [3.63, 3.8) is 0 Å². The maximum absolute atomic E-state index is 13.5. The number of para-hydroxylation sites is 1. The molecule has 0 radical (unpaired) electrons.